The minimum atomic E-state index is -0.260. The van der Waals surface area contributed by atoms with E-state index in [2.05, 4.69) is 52.5 Å². The molecule has 2 aromatic rings. The third kappa shape index (κ3) is 4.40. The second-order valence-corrected chi connectivity index (χ2v) is 12.5. The van der Waals surface area contributed by atoms with Crippen LogP contribution in [0.25, 0.3) is 0 Å². The number of aromatic nitrogens is 1. The molecule has 1 aromatic heterocycles. The summed E-state index contributed by atoms with van der Waals surface area (Å²) in [4.78, 5) is 20.3. The number of ether oxygens (including phenoxy) is 1. The zero-order valence-electron chi connectivity index (χ0n) is 22.9. The van der Waals surface area contributed by atoms with Gasteiger partial charge in [0.2, 0.25) is 0 Å². The second-order valence-electron chi connectivity index (χ2n) is 12.5. The Labute approximate surface area is 221 Å². The maximum Gasteiger partial charge on any atom is 0.256 e. The van der Waals surface area contributed by atoms with Gasteiger partial charge < -0.3 is 9.64 Å². The number of hydrogen-bond donors (Lipinski definition) is 0. The lowest BCUT2D eigenvalue weighted by atomic mass is 9.49. The largest absolute Gasteiger partial charge is 0.489 e. The maximum absolute atomic E-state index is 13.5. The van der Waals surface area contributed by atoms with Gasteiger partial charge in [-0.05, 0) is 80.3 Å². The lowest BCUT2D eigenvalue weighted by Gasteiger charge is -2.65. The van der Waals surface area contributed by atoms with Crippen LogP contribution in [0.3, 0.4) is 0 Å². The number of aryl methyl sites for hydroxylation is 1. The summed E-state index contributed by atoms with van der Waals surface area (Å²) in [7, 11) is 0. The molecule has 0 N–H and O–H groups in total. The number of pyridine rings is 1. The molecule has 5 nitrogen and oxygen atoms in total. The van der Waals surface area contributed by atoms with Gasteiger partial charge in [0.05, 0.1) is 29.4 Å². The zero-order valence-corrected chi connectivity index (χ0v) is 22.9. The Morgan fingerprint density at radius 3 is 2.41 bits per heavy atom. The van der Waals surface area contributed by atoms with Crippen molar-refractivity contribution >= 4 is 5.91 Å². The van der Waals surface area contributed by atoms with Crippen LogP contribution in [0.15, 0.2) is 30.3 Å². The smallest absolute Gasteiger partial charge is 0.256 e. The van der Waals surface area contributed by atoms with Gasteiger partial charge in [-0.25, -0.2) is 4.98 Å². The molecule has 192 valence electrons. The van der Waals surface area contributed by atoms with Crippen molar-refractivity contribution in [3.63, 3.8) is 0 Å². The van der Waals surface area contributed by atoms with Crippen molar-refractivity contribution in [2.45, 2.75) is 85.9 Å². The van der Waals surface area contributed by atoms with Crippen LogP contribution in [0.2, 0.25) is 0 Å². The monoisotopic (exact) mass is 495 g/mol. The molecular formula is C32H37N3O2. The minimum Gasteiger partial charge on any atom is -0.489 e. The fourth-order valence-corrected chi connectivity index (χ4v) is 7.25. The average molecular weight is 496 g/mol. The summed E-state index contributed by atoms with van der Waals surface area (Å²) in [5.74, 6) is 8.80. The Bertz CT molecular complexity index is 1320. The Kier molecular flexibility index (Phi) is 6.31. The van der Waals surface area contributed by atoms with Crippen LogP contribution in [0.4, 0.5) is 0 Å². The number of nitriles is 1. The first-order chi connectivity index (χ1) is 17.5. The van der Waals surface area contributed by atoms with E-state index in [9.17, 15) is 10.1 Å². The summed E-state index contributed by atoms with van der Waals surface area (Å²) in [6.07, 6.45) is 4.76. The predicted octanol–water partition coefficient (Wildman–Crippen LogP) is 6.28. The van der Waals surface area contributed by atoms with Gasteiger partial charge in [0.15, 0.2) is 0 Å². The van der Waals surface area contributed by atoms with E-state index in [0.717, 1.165) is 28.6 Å². The molecule has 2 saturated carbocycles. The quantitative estimate of drug-likeness (QED) is 0.470. The first kappa shape index (κ1) is 25.3. The van der Waals surface area contributed by atoms with Crippen LogP contribution in [-0.4, -0.2) is 27.9 Å². The molecule has 5 rings (SSSR count). The van der Waals surface area contributed by atoms with Gasteiger partial charge in [0.25, 0.3) is 5.91 Å². The average Bonchev–Trinajstić information content (AvgIpc) is 3.16. The van der Waals surface area contributed by atoms with Gasteiger partial charge in [0, 0.05) is 22.8 Å². The number of hydrogen-bond acceptors (Lipinski definition) is 4. The maximum atomic E-state index is 13.5. The van der Waals surface area contributed by atoms with Crippen LogP contribution in [0.5, 0.6) is 5.75 Å². The van der Waals surface area contributed by atoms with Gasteiger partial charge >= 0.3 is 0 Å². The van der Waals surface area contributed by atoms with Crippen molar-refractivity contribution in [3.8, 4) is 23.7 Å². The highest BCUT2D eigenvalue weighted by Gasteiger charge is 2.67. The molecule has 0 unspecified atom stereocenters. The van der Waals surface area contributed by atoms with Crippen LogP contribution in [0.1, 0.15) is 93.2 Å². The molecule has 0 spiro atoms. The number of rotatable bonds is 3. The summed E-state index contributed by atoms with van der Waals surface area (Å²) in [5.41, 5.74) is 3.32. The molecule has 1 aliphatic heterocycles. The Hall–Kier alpha value is -3.31. The van der Waals surface area contributed by atoms with Crippen molar-refractivity contribution in [3.05, 3.63) is 58.4 Å². The fraction of sp³-hybridized carbons (Fsp3) is 0.531. The number of amides is 1. The number of benzene rings is 1. The summed E-state index contributed by atoms with van der Waals surface area (Å²) in [5, 5.41) is 9.24. The first-order valence-corrected chi connectivity index (χ1v) is 13.5. The van der Waals surface area contributed by atoms with Crippen molar-refractivity contribution in [2.75, 3.05) is 0 Å². The van der Waals surface area contributed by atoms with Gasteiger partial charge in [-0.1, -0.05) is 40.5 Å². The van der Waals surface area contributed by atoms with Crippen LogP contribution < -0.4 is 4.74 Å². The minimum absolute atomic E-state index is 0.00458. The molecule has 5 heteroatoms. The summed E-state index contributed by atoms with van der Waals surface area (Å²) < 4.78 is 6.50. The van der Waals surface area contributed by atoms with E-state index >= 15 is 0 Å². The first-order valence-electron chi connectivity index (χ1n) is 13.5. The summed E-state index contributed by atoms with van der Waals surface area (Å²) >= 11 is 0. The highest BCUT2D eigenvalue weighted by atomic mass is 16.5. The molecule has 0 saturated heterocycles. The number of carbonyl (C=O) groups is 1. The Morgan fingerprint density at radius 1 is 1.05 bits per heavy atom. The van der Waals surface area contributed by atoms with E-state index in [1.807, 2.05) is 42.2 Å². The third-order valence-corrected chi connectivity index (χ3v) is 8.85. The number of nitrogens with zero attached hydrogens (tertiary/aromatic N) is 3. The predicted molar refractivity (Wildman–Crippen MR) is 144 cm³/mol. The van der Waals surface area contributed by atoms with E-state index in [0.29, 0.717) is 23.6 Å². The highest BCUT2D eigenvalue weighted by Crippen LogP contribution is 2.59. The number of carbonyl (C=O) groups excluding carboxylic acids is 1. The molecule has 1 aromatic carbocycles. The Morgan fingerprint density at radius 2 is 1.76 bits per heavy atom. The lowest BCUT2D eigenvalue weighted by molar-refractivity contribution is -0.199. The van der Waals surface area contributed by atoms with Crippen molar-refractivity contribution < 1.29 is 9.53 Å². The van der Waals surface area contributed by atoms with Crippen LogP contribution in [-0.2, 0) is 6.54 Å². The zero-order chi connectivity index (χ0) is 26.5. The van der Waals surface area contributed by atoms with Crippen molar-refractivity contribution in [2.24, 2.45) is 22.7 Å². The second kappa shape index (κ2) is 9.21. The normalized spacial score (nSPS) is 27.4. The van der Waals surface area contributed by atoms with Gasteiger partial charge in [-0.2, -0.15) is 5.26 Å². The van der Waals surface area contributed by atoms with Crippen LogP contribution >= 0.6 is 0 Å². The molecule has 2 fully saturated rings. The van der Waals surface area contributed by atoms with E-state index in [1.54, 1.807) is 0 Å². The van der Waals surface area contributed by atoms with Gasteiger partial charge in [-0.15, -0.1) is 0 Å². The molecule has 0 atom stereocenters. The van der Waals surface area contributed by atoms with Crippen molar-refractivity contribution in [1.82, 2.24) is 9.88 Å². The molecule has 0 bridgehead atoms. The molecule has 1 amide bonds. The molecule has 3 aliphatic rings. The highest BCUT2D eigenvalue weighted by molar-refractivity contribution is 5.98. The molecule has 2 heterocycles. The van der Waals surface area contributed by atoms with E-state index < -0.39 is 0 Å². The van der Waals surface area contributed by atoms with E-state index in [1.165, 1.54) is 25.7 Å². The fourth-order valence-electron chi connectivity index (χ4n) is 7.25. The summed E-state index contributed by atoms with van der Waals surface area (Å²) in [6.45, 7) is 13.5. The molecule has 0 radical (unpaired) electrons. The standard InChI is InChI=1S/C32H37N3O2/c1-20-7-9-22(10-8-20)11-13-24-14-16-26-27(34-24)19-35(28(26)36)29-31(3,4)30(32(29,5)6)37-25-15-12-23(18-33)21(2)17-25/h12,14-17,20,22,29-30H,7-10,19H2,1-6H3. The topological polar surface area (TPSA) is 66.2 Å². The van der Waals surface area contributed by atoms with Crippen LogP contribution in [0, 0.1) is 52.8 Å². The van der Waals surface area contributed by atoms with E-state index in [-0.39, 0.29) is 28.9 Å². The van der Waals surface area contributed by atoms with Gasteiger partial charge in [0.1, 0.15) is 17.5 Å². The lowest BCUT2D eigenvalue weighted by Crippen LogP contribution is -2.74. The molecule has 2 aliphatic carbocycles. The SMILES string of the molecule is Cc1cc(OC2C(C)(C)C(N3Cc4nc(C#CC5CCC(C)CC5)ccc4C3=O)C2(C)C)ccc1C#N. The van der Waals surface area contributed by atoms with E-state index in [4.69, 9.17) is 9.72 Å². The third-order valence-electron chi connectivity index (χ3n) is 8.85. The van der Waals surface area contributed by atoms with Crippen molar-refractivity contribution in [1.29, 1.82) is 5.26 Å². The molecule has 37 heavy (non-hydrogen) atoms. The Balaban J connectivity index is 1.32. The number of fused-ring (bicyclic) bond motifs is 1. The van der Waals surface area contributed by atoms with Gasteiger partial charge in [-0.3, -0.25) is 4.79 Å². The molecular weight excluding hydrogens is 458 g/mol. The summed E-state index contributed by atoms with van der Waals surface area (Å²) in [6, 6.07) is 11.6.